The summed E-state index contributed by atoms with van der Waals surface area (Å²) >= 11 is 0. The molecule has 5 fully saturated rings. The van der Waals surface area contributed by atoms with Gasteiger partial charge in [-0.05, 0) is 75.0 Å². The molecule has 7 heteroatoms. The summed E-state index contributed by atoms with van der Waals surface area (Å²) in [5.74, 6) is 5.88. The molecule has 0 N–H and O–H groups in total. The van der Waals surface area contributed by atoms with E-state index in [1.807, 2.05) is 10.9 Å². The fraction of sp³-hybridized carbons (Fsp3) is 0.810. The SMILES string of the molecule is Cn1c(N2CCC(Cn3ccnn3)CC2)nnc1C12CC3CC(CC(C3)C1)C2. The Morgan fingerprint density at radius 2 is 1.68 bits per heavy atom. The van der Waals surface area contributed by atoms with Crippen LogP contribution in [0.15, 0.2) is 12.4 Å². The maximum absolute atomic E-state index is 4.81. The maximum Gasteiger partial charge on any atom is 0.226 e. The first kappa shape index (κ1) is 17.0. The maximum atomic E-state index is 4.81. The molecule has 4 bridgehead atoms. The second kappa shape index (κ2) is 6.29. The minimum absolute atomic E-state index is 0.320. The molecule has 2 aromatic rings. The summed E-state index contributed by atoms with van der Waals surface area (Å²) in [7, 11) is 2.21. The highest BCUT2D eigenvalue weighted by Gasteiger charge is 2.53. The van der Waals surface area contributed by atoms with Gasteiger partial charge in [0.05, 0.1) is 6.20 Å². The van der Waals surface area contributed by atoms with E-state index < -0.39 is 0 Å². The van der Waals surface area contributed by atoms with Gasteiger partial charge in [-0.25, -0.2) is 0 Å². The van der Waals surface area contributed by atoms with Gasteiger partial charge in [0, 0.05) is 38.3 Å². The molecule has 7 rings (SSSR count). The van der Waals surface area contributed by atoms with Crippen molar-refractivity contribution >= 4 is 5.95 Å². The van der Waals surface area contributed by atoms with E-state index in [1.54, 1.807) is 6.20 Å². The fourth-order valence-electron chi connectivity index (χ4n) is 7.35. The molecule has 0 atom stereocenters. The number of hydrogen-bond acceptors (Lipinski definition) is 5. The van der Waals surface area contributed by atoms with Gasteiger partial charge >= 0.3 is 0 Å². The van der Waals surface area contributed by atoms with E-state index in [9.17, 15) is 0 Å². The lowest BCUT2D eigenvalue weighted by atomic mass is 9.49. The monoisotopic (exact) mass is 381 g/mol. The van der Waals surface area contributed by atoms with Gasteiger partial charge in [0.2, 0.25) is 5.95 Å². The second-order valence-electron chi connectivity index (χ2n) is 10.1. The third-order valence-electron chi connectivity index (χ3n) is 8.18. The lowest BCUT2D eigenvalue weighted by molar-refractivity contribution is -0.0107. The van der Waals surface area contributed by atoms with Crippen LogP contribution in [0.4, 0.5) is 5.95 Å². The van der Waals surface area contributed by atoms with Crippen LogP contribution < -0.4 is 4.90 Å². The number of rotatable bonds is 4. The lowest BCUT2D eigenvalue weighted by Gasteiger charge is -2.56. The highest BCUT2D eigenvalue weighted by atomic mass is 15.4. The molecule has 1 aliphatic heterocycles. The van der Waals surface area contributed by atoms with Gasteiger partial charge in [-0.3, -0.25) is 9.25 Å². The molecule has 2 aromatic heterocycles. The Kier molecular flexibility index (Phi) is 3.82. The third-order valence-corrected chi connectivity index (χ3v) is 8.18. The van der Waals surface area contributed by atoms with Crippen LogP contribution in [0.25, 0.3) is 0 Å². The minimum atomic E-state index is 0.320. The Labute approximate surface area is 166 Å². The molecule has 1 saturated heterocycles. The van der Waals surface area contributed by atoms with Crippen molar-refractivity contribution < 1.29 is 0 Å². The van der Waals surface area contributed by atoms with Gasteiger partial charge in [-0.15, -0.1) is 15.3 Å². The molecule has 7 nitrogen and oxygen atoms in total. The van der Waals surface area contributed by atoms with E-state index in [0.717, 1.165) is 43.3 Å². The van der Waals surface area contributed by atoms with Gasteiger partial charge < -0.3 is 4.90 Å². The smallest absolute Gasteiger partial charge is 0.226 e. The molecular weight excluding hydrogens is 350 g/mol. The van der Waals surface area contributed by atoms with Crippen LogP contribution in [0, 0.1) is 23.7 Å². The Bertz CT molecular complexity index is 796. The summed E-state index contributed by atoms with van der Waals surface area (Å²) in [5.41, 5.74) is 0.320. The topological polar surface area (TPSA) is 64.7 Å². The van der Waals surface area contributed by atoms with Gasteiger partial charge in [-0.2, -0.15) is 0 Å². The van der Waals surface area contributed by atoms with Crippen molar-refractivity contribution in [1.82, 2.24) is 29.8 Å². The first-order valence-electron chi connectivity index (χ1n) is 11.2. The molecule has 150 valence electrons. The van der Waals surface area contributed by atoms with Gasteiger partial charge in [0.25, 0.3) is 0 Å². The first-order chi connectivity index (χ1) is 13.7. The molecular formula is C21H31N7. The third kappa shape index (κ3) is 2.69. The molecule has 0 aromatic carbocycles. The van der Waals surface area contributed by atoms with E-state index in [-0.39, 0.29) is 0 Å². The summed E-state index contributed by atoms with van der Waals surface area (Å²) in [6, 6.07) is 0. The number of hydrogen-bond donors (Lipinski definition) is 0. The molecule has 4 saturated carbocycles. The molecule has 28 heavy (non-hydrogen) atoms. The molecule has 4 aliphatic carbocycles. The van der Waals surface area contributed by atoms with Crippen LogP contribution in [0.2, 0.25) is 0 Å². The lowest BCUT2D eigenvalue weighted by Crippen LogP contribution is -2.49. The first-order valence-corrected chi connectivity index (χ1v) is 11.2. The summed E-state index contributed by atoms with van der Waals surface area (Å²) in [6.45, 7) is 3.10. The van der Waals surface area contributed by atoms with Crippen molar-refractivity contribution in [1.29, 1.82) is 0 Å². The number of aromatic nitrogens is 6. The zero-order valence-electron chi connectivity index (χ0n) is 16.9. The van der Waals surface area contributed by atoms with E-state index in [0.29, 0.717) is 11.3 Å². The molecule has 3 heterocycles. The average molecular weight is 382 g/mol. The molecule has 0 unspecified atom stereocenters. The van der Waals surface area contributed by atoms with E-state index in [1.165, 1.54) is 57.2 Å². The van der Waals surface area contributed by atoms with Crippen molar-refractivity contribution in [2.45, 2.75) is 63.3 Å². The summed E-state index contributed by atoms with van der Waals surface area (Å²) < 4.78 is 4.32. The van der Waals surface area contributed by atoms with Crippen molar-refractivity contribution in [2.75, 3.05) is 18.0 Å². The van der Waals surface area contributed by atoms with Crippen LogP contribution >= 0.6 is 0 Å². The van der Waals surface area contributed by atoms with Gasteiger partial charge in [0.15, 0.2) is 0 Å². The fourth-order valence-corrected chi connectivity index (χ4v) is 7.35. The van der Waals surface area contributed by atoms with Crippen molar-refractivity contribution in [3.05, 3.63) is 18.2 Å². The summed E-state index contributed by atoms with van der Waals surface area (Å²) in [6.07, 6.45) is 14.6. The number of piperidine rings is 1. The van der Waals surface area contributed by atoms with E-state index in [2.05, 4.69) is 26.8 Å². The Balaban J connectivity index is 1.18. The van der Waals surface area contributed by atoms with Crippen LogP contribution in [-0.2, 0) is 19.0 Å². The Hall–Kier alpha value is -1.92. The van der Waals surface area contributed by atoms with Gasteiger partial charge in [0.1, 0.15) is 5.82 Å². The minimum Gasteiger partial charge on any atom is -0.341 e. The summed E-state index contributed by atoms with van der Waals surface area (Å²) in [4.78, 5) is 2.45. The normalized spacial score (nSPS) is 35.0. The van der Waals surface area contributed by atoms with E-state index >= 15 is 0 Å². The zero-order chi connectivity index (χ0) is 18.7. The quantitative estimate of drug-likeness (QED) is 0.815. The van der Waals surface area contributed by atoms with Crippen molar-refractivity contribution in [3.63, 3.8) is 0 Å². The van der Waals surface area contributed by atoms with Crippen LogP contribution in [-0.4, -0.2) is 42.8 Å². The molecule has 0 radical (unpaired) electrons. The number of nitrogens with zero attached hydrogens (tertiary/aromatic N) is 7. The predicted octanol–water partition coefficient (Wildman–Crippen LogP) is 2.79. The van der Waals surface area contributed by atoms with Crippen LogP contribution in [0.1, 0.15) is 57.2 Å². The molecule has 5 aliphatic rings. The van der Waals surface area contributed by atoms with Crippen molar-refractivity contribution in [2.24, 2.45) is 30.7 Å². The number of anilines is 1. The predicted molar refractivity (Wildman–Crippen MR) is 106 cm³/mol. The van der Waals surface area contributed by atoms with Crippen LogP contribution in [0.3, 0.4) is 0 Å². The zero-order valence-corrected chi connectivity index (χ0v) is 16.9. The second-order valence-corrected chi connectivity index (χ2v) is 10.1. The summed E-state index contributed by atoms with van der Waals surface area (Å²) in [5, 5.41) is 17.6. The van der Waals surface area contributed by atoms with Crippen LogP contribution in [0.5, 0.6) is 0 Å². The van der Waals surface area contributed by atoms with Crippen molar-refractivity contribution in [3.8, 4) is 0 Å². The van der Waals surface area contributed by atoms with Gasteiger partial charge in [-0.1, -0.05) is 5.21 Å². The molecule has 0 spiro atoms. The largest absolute Gasteiger partial charge is 0.341 e. The average Bonchev–Trinajstić information content (AvgIpc) is 3.31. The highest BCUT2D eigenvalue weighted by Crippen LogP contribution is 2.60. The standard InChI is InChI=1S/C21H31N7/c1-26-19(21-11-16-8-17(12-21)10-18(9-16)13-21)23-24-20(26)27-5-2-15(3-6-27)14-28-7-4-22-25-28/h4,7,15-18H,2-3,5-6,8-14H2,1H3. The Morgan fingerprint density at radius 3 is 2.29 bits per heavy atom. The molecule has 0 amide bonds. The van der Waals surface area contributed by atoms with E-state index in [4.69, 9.17) is 10.2 Å². The highest BCUT2D eigenvalue weighted by molar-refractivity contribution is 5.34. The Morgan fingerprint density at radius 1 is 1.00 bits per heavy atom.